The predicted molar refractivity (Wildman–Crippen MR) is 62.8 cm³/mol. The van der Waals surface area contributed by atoms with Gasteiger partial charge in [0, 0.05) is 0 Å². The highest BCUT2D eigenvalue weighted by Crippen LogP contribution is 2.28. The summed E-state index contributed by atoms with van der Waals surface area (Å²) in [6.07, 6.45) is -0.881. The second-order valence-corrected chi connectivity index (χ2v) is 4.40. The largest absolute Gasteiger partial charge is 0.494 e. The fourth-order valence-electron chi connectivity index (χ4n) is 1.26. The molecule has 4 heteroatoms. The van der Waals surface area contributed by atoms with Crippen molar-refractivity contribution in [2.24, 2.45) is 0 Å². The third-order valence-corrected chi connectivity index (χ3v) is 2.57. The average Bonchev–Trinajstić information content (AvgIpc) is 2.20. The number of aliphatic hydroxyl groups excluding tert-OH is 1. The first-order valence-electron chi connectivity index (χ1n) is 4.75. The SMILES string of the molecule is CCOc1cc(C(O)C(Cl)Cl)ccc1C. The summed E-state index contributed by atoms with van der Waals surface area (Å²) < 4.78 is 5.41. The van der Waals surface area contributed by atoms with Crippen LogP contribution in [0.5, 0.6) is 5.75 Å². The highest BCUT2D eigenvalue weighted by Gasteiger charge is 2.16. The smallest absolute Gasteiger partial charge is 0.137 e. The summed E-state index contributed by atoms with van der Waals surface area (Å²) in [6.45, 7) is 4.44. The van der Waals surface area contributed by atoms with Crippen molar-refractivity contribution in [3.8, 4) is 5.75 Å². The first kappa shape index (κ1) is 12.6. The van der Waals surface area contributed by atoms with E-state index in [0.717, 1.165) is 11.3 Å². The molecule has 0 radical (unpaired) electrons. The Morgan fingerprint density at radius 2 is 2.07 bits per heavy atom. The van der Waals surface area contributed by atoms with Crippen molar-refractivity contribution < 1.29 is 9.84 Å². The molecular formula is C11H14Cl2O2. The topological polar surface area (TPSA) is 29.5 Å². The summed E-state index contributed by atoms with van der Waals surface area (Å²) in [5.74, 6) is 0.753. The van der Waals surface area contributed by atoms with Crippen LogP contribution in [0.2, 0.25) is 0 Å². The number of alkyl halides is 2. The number of hydrogen-bond donors (Lipinski definition) is 1. The Kier molecular flexibility index (Phi) is 4.71. The van der Waals surface area contributed by atoms with Crippen LogP contribution in [0.3, 0.4) is 0 Å². The number of aliphatic hydroxyl groups is 1. The molecule has 0 aromatic heterocycles. The molecule has 0 fully saturated rings. The van der Waals surface area contributed by atoms with Crippen molar-refractivity contribution in [1.29, 1.82) is 0 Å². The average molecular weight is 249 g/mol. The van der Waals surface area contributed by atoms with Crippen molar-refractivity contribution in [2.45, 2.75) is 24.8 Å². The molecular weight excluding hydrogens is 235 g/mol. The molecule has 1 rings (SSSR count). The lowest BCUT2D eigenvalue weighted by Gasteiger charge is -2.14. The second-order valence-electron chi connectivity index (χ2n) is 3.24. The zero-order valence-corrected chi connectivity index (χ0v) is 10.2. The van der Waals surface area contributed by atoms with Crippen molar-refractivity contribution in [2.75, 3.05) is 6.61 Å². The first-order valence-corrected chi connectivity index (χ1v) is 5.63. The van der Waals surface area contributed by atoms with Crippen molar-refractivity contribution >= 4 is 23.2 Å². The van der Waals surface area contributed by atoms with Crippen LogP contribution < -0.4 is 4.74 Å². The Hall–Kier alpha value is -0.440. The van der Waals surface area contributed by atoms with E-state index in [-0.39, 0.29) is 0 Å². The van der Waals surface area contributed by atoms with E-state index in [9.17, 15) is 5.11 Å². The molecule has 84 valence electrons. The second kappa shape index (κ2) is 5.59. The van der Waals surface area contributed by atoms with Crippen molar-refractivity contribution in [3.05, 3.63) is 29.3 Å². The van der Waals surface area contributed by atoms with Gasteiger partial charge in [-0.25, -0.2) is 0 Å². The molecule has 0 bridgehead atoms. The Morgan fingerprint density at radius 1 is 1.40 bits per heavy atom. The molecule has 0 spiro atoms. The van der Waals surface area contributed by atoms with Crippen LogP contribution in [0.4, 0.5) is 0 Å². The molecule has 0 amide bonds. The van der Waals surface area contributed by atoms with Crippen LogP contribution >= 0.6 is 23.2 Å². The number of ether oxygens (including phenoxy) is 1. The summed E-state index contributed by atoms with van der Waals surface area (Å²) in [6, 6.07) is 5.43. The van der Waals surface area contributed by atoms with Crippen molar-refractivity contribution in [3.63, 3.8) is 0 Å². The number of aryl methyl sites for hydroxylation is 1. The van der Waals surface area contributed by atoms with E-state index >= 15 is 0 Å². The highest BCUT2D eigenvalue weighted by atomic mass is 35.5. The molecule has 0 aliphatic carbocycles. The first-order chi connectivity index (χ1) is 7.06. The minimum atomic E-state index is -0.881. The van der Waals surface area contributed by atoms with Gasteiger partial charge in [-0.15, -0.1) is 23.2 Å². The Bertz CT molecular complexity index is 326. The van der Waals surface area contributed by atoms with Gasteiger partial charge in [0.2, 0.25) is 0 Å². The molecule has 1 atom stereocenters. The van der Waals surface area contributed by atoms with Gasteiger partial charge in [0.15, 0.2) is 0 Å². The van der Waals surface area contributed by atoms with Crippen LogP contribution in [0.25, 0.3) is 0 Å². The molecule has 0 saturated heterocycles. The van der Waals surface area contributed by atoms with Crippen LogP contribution in [0.1, 0.15) is 24.2 Å². The fourth-order valence-corrected chi connectivity index (χ4v) is 1.55. The molecule has 15 heavy (non-hydrogen) atoms. The quantitative estimate of drug-likeness (QED) is 0.830. The summed E-state index contributed by atoms with van der Waals surface area (Å²) in [4.78, 5) is -0.831. The van der Waals surface area contributed by atoms with E-state index in [2.05, 4.69) is 0 Å². The van der Waals surface area contributed by atoms with Gasteiger partial charge >= 0.3 is 0 Å². The number of hydrogen-bond acceptors (Lipinski definition) is 2. The maximum atomic E-state index is 9.66. The Balaban J connectivity index is 2.96. The molecule has 0 saturated carbocycles. The van der Waals surface area contributed by atoms with E-state index in [1.807, 2.05) is 19.9 Å². The van der Waals surface area contributed by atoms with Gasteiger partial charge in [0.05, 0.1) is 6.61 Å². The number of rotatable bonds is 4. The maximum Gasteiger partial charge on any atom is 0.137 e. The monoisotopic (exact) mass is 248 g/mol. The zero-order chi connectivity index (χ0) is 11.4. The standard InChI is InChI=1S/C11H14Cl2O2/c1-3-15-9-6-8(5-4-7(9)2)10(14)11(12)13/h4-6,10-11,14H,3H2,1-2H3. The molecule has 0 heterocycles. The molecule has 1 unspecified atom stereocenters. The van der Waals surface area contributed by atoms with Gasteiger partial charge < -0.3 is 9.84 Å². The minimum Gasteiger partial charge on any atom is -0.494 e. The van der Waals surface area contributed by atoms with Gasteiger partial charge in [-0.3, -0.25) is 0 Å². The van der Waals surface area contributed by atoms with E-state index in [0.29, 0.717) is 12.2 Å². The van der Waals surface area contributed by atoms with Crippen molar-refractivity contribution in [1.82, 2.24) is 0 Å². The lowest BCUT2D eigenvalue weighted by Crippen LogP contribution is -2.06. The highest BCUT2D eigenvalue weighted by molar-refractivity contribution is 6.44. The van der Waals surface area contributed by atoms with Crippen LogP contribution in [-0.2, 0) is 0 Å². The minimum absolute atomic E-state index is 0.589. The lowest BCUT2D eigenvalue weighted by atomic mass is 10.1. The van der Waals surface area contributed by atoms with Crippen LogP contribution in [-0.4, -0.2) is 16.5 Å². The van der Waals surface area contributed by atoms with E-state index in [1.54, 1.807) is 12.1 Å². The van der Waals surface area contributed by atoms with E-state index < -0.39 is 10.9 Å². The number of benzene rings is 1. The van der Waals surface area contributed by atoms with Crippen LogP contribution in [0, 0.1) is 6.92 Å². The van der Waals surface area contributed by atoms with Gasteiger partial charge in [0.25, 0.3) is 0 Å². The molecule has 1 aromatic rings. The maximum absolute atomic E-state index is 9.66. The predicted octanol–water partition coefficient (Wildman–Crippen LogP) is 3.23. The molecule has 2 nitrogen and oxygen atoms in total. The van der Waals surface area contributed by atoms with Gasteiger partial charge in [-0.05, 0) is 31.0 Å². The molecule has 0 aliphatic heterocycles. The van der Waals surface area contributed by atoms with Gasteiger partial charge in [0.1, 0.15) is 16.7 Å². The number of halogens is 2. The third kappa shape index (κ3) is 3.26. The Morgan fingerprint density at radius 3 is 2.60 bits per heavy atom. The summed E-state index contributed by atoms with van der Waals surface area (Å²) in [5.41, 5.74) is 1.69. The third-order valence-electron chi connectivity index (χ3n) is 2.09. The van der Waals surface area contributed by atoms with Gasteiger partial charge in [-0.1, -0.05) is 12.1 Å². The molecule has 1 aromatic carbocycles. The molecule has 0 aliphatic rings. The van der Waals surface area contributed by atoms with Crippen LogP contribution in [0.15, 0.2) is 18.2 Å². The summed E-state index contributed by atoms with van der Waals surface area (Å²) in [5, 5.41) is 9.66. The van der Waals surface area contributed by atoms with Gasteiger partial charge in [-0.2, -0.15) is 0 Å². The summed E-state index contributed by atoms with van der Waals surface area (Å²) in [7, 11) is 0. The molecule has 1 N–H and O–H groups in total. The summed E-state index contributed by atoms with van der Waals surface area (Å²) >= 11 is 11.2. The fraction of sp³-hybridized carbons (Fsp3) is 0.455. The van der Waals surface area contributed by atoms with E-state index in [1.165, 1.54) is 0 Å². The zero-order valence-electron chi connectivity index (χ0n) is 8.71. The lowest BCUT2D eigenvalue weighted by molar-refractivity contribution is 0.192. The van der Waals surface area contributed by atoms with E-state index in [4.69, 9.17) is 27.9 Å². The Labute approximate surface area is 99.8 Å². The normalized spacial score (nSPS) is 12.9.